The molecule has 96 valence electrons. The van der Waals surface area contributed by atoms with Gasteiger partial charge in [-0.25, -0.2) is 4.98 Å². The Morgan fingerprint density at radius 1 is 1.59 bits per heavy atom. The average molecular weight is 236 g/mol. The second-order valence-corrected chi connectivity index (χ2v) is 4.99. The molecule has 1 atom stereocenters. The summed E-state index contributed by atoms with van der Waals surface area (Å²) < 4.78 is 2.28. The second kappa shape index (κ2) is 5.54. The van der Waals surface area contributed by atoms with Gasteiger partial charge >= 0.3 is 0 Å². The van der Waals surface area contributed by atoms with E-state index in [1.54, 1.807) is 0 Å². The summed E-state index contributed by atoms with van der Waals surface area (Å²) in [5, 5.41) is 3.47. The lowest BCUT2D eigenvalue weighted by Crippen LogP contribution is -2.45. The van der Waals surface area contributed by atoms with Gasteiger partial charge in [0.15, 0.2) is 0 Å². The van der Waals surface area contributed by atoms with Gasteiger partial charge in [0, 0.05) is 32.4 Å². The van der Waals surface area contributed by atoms with Gasteiger partial charge in [0.1, 0.15) is 0 Å². The fourth-order valence-corrected chi connectivity index (χ4v) is 2.55. The van der Waals surface area contributed by atoms with Crippen LogP contribution in [0.1, 0.15) is 31.9 Å². The number of piperidine rings is 1. The number of aromatic nitrogens is 2. The summed E-state index contributed by atoms with van der Waals surface area (Å²) in [5.74, 6) is 1.12. The Bertz CT molecular complexity index is 352. The summed E-state index contributed by atoms with van der Waals surface area (Å²) in [5.41, 5.74) is 1.11. The van der Waals surface area contributed by atoms with Gasteiger partial charge in [0.2, 0.25) is 5.95 Å². The quantitative estimate of drug-likeness (QED) is 0.865. The van der Waals surface area contributed by atoms with Crippen molar-refractivity contribution in [3.8, 4) is 0 Å². The Balaban J connectivity index is 2.13. The van der Waals surface area contributed by atoms with Gasteiger partial charge in [0.25, 0.3) is 0 Å². The highest BCUT2D eigenvalue weighted by Gasteiger charge is 2.21. The third-order valence-corrected chi connectivity index (χ3v) is 3.47. The van der Waals surface area contributed by atoms with Crippen molar-refractivity contribution < 1.29 is 0 Å². The van der Waals surface area contributed by atoms with Crippen LogP contribution in [0.4, 0.5) is 5.95 Å². The number of hydrogen-bond donors (Lipinski definition) is 1. The third kappa shape index (κ3) is 2.80. The molecule has 0 bridgehead atoms. The van der Waals surface area contributed by atoms with Crippen molar-refractivity contribution in [2.45, 2.75) is 45.7 Å². The maximum atomic E-state index is 4.67. The van der Waals surface area contributed by atoms with Gasteiger partial charge < -0.3 is 14.8 Å². The molecular weight excluding hydrogens is 212 g/mol. The zero-order valence-corrected chi connectivity index (χ0v) is 11.2. The molecule has 0 amide bonds. The predicted molar refractivity (Wildman–Crippen MR) is 71.5 cm³/mol. The minimum atomic E-state index is 0.584. The Morgan fingerprint density at radius 3 is 3.06 bits per heavy atom. The van der Waals surface area contributed by atoms with Gasteiger partial charge in [-0.1, -0.05) is 6.92 Å². The van der Waals surface area contributed by atoms with E-state index >= 15 is 0 Å². The lowest BCUT2D eigenvalue weighted by atomic mass is 10.1. The number of anilines is 1. The summed E-state index contributed by atoms with van der Waals surface area (Å²) in [4.78, 5) is 7.01. The SMILES string of the molecule is CCCn1cc(C)nc1N(C)C1CCCNC1. The van der Waals surface area contributed by atoms with Crippen molar-refractivity contribution in [3.05, 3.63) is 11.9 Å². The molecule has 2 heterocycles. The third-order valence-electron chi connectivity index (χ3n) is 3.47. The van der Waals surface area contributed by atoms with Gasteiger partial charge in [-0.15, -0.1) is 0 Å². The first-order valence-electron chi connectivity index (χ1n) is 6.69. The summed E-state index contributed by atoms with van der Waals surface area (Å²) in [6.45, 7) is 7.58. The van der Waals surface area contributed by atoms with Crippen molar-refractivity contribution in [2.24, 2.45) is 0 Å². The molecule has 1 saturated heterocycles. The topological polar surface area (TPSA) is 33.1 Å². The molecule has 0 radical (unpaired) electrons. The van der Waals surface area contributed by atoms with Crippen LogP contribution < -0.4 is 10.2 Å². The summed E-state index contributed by atoms with van der Waals surface area (Å²) in [6.07, 6.45) is 5.84. The van der Waals surface area contributed by atoms with Crippen LogP contribution in [0.5, 0.6) is 0 Å². The van der Waals surface area contributed by atoms with Crippen LogP contribution >= 0.6 is 0 Å². The van der Waals surface area contributed by atoms with E-state index in [0.717, 1.165) is 37.7 Å². The molecular formula is C13H24N4. The normalized spacial score (nSPS) is 20.5. The molecule has 1 N–H and O–H groups in total. The van der Waals surface area contributed by atoms with E-state index in [0.29, 0.717) is 6.04 Å². The first-order valence-corrected chi connectivity index (χ1v) is 6.69. The molecule has 1 fully saturated rings. The molecule has 1 aromatic rings. The van der Waals surface area contributed by atoms with E-state index in [1.165, 1.54) is 12.8 Å². The monoisotopic (exact) mass is 236 g/mol. The van der Waals surface area contributed by atoms with Crippen LogP contribution in [0.3, 0.4) is 0 Å². The number of rotatable bonds is 4. The zero-order chi connectivity index (χ0) is 12.3. The number of hydrogen-bond acceptors (Lipinski definition) is 3. The number of aryl methyl sites for hydroxylation is 2. The van der Waals surface area contributed by atoms with Crippen LogP contribution in [0.25, 0.3) is 0 Å². The molecule has 1 aliphatic rings. The molecule has 4 nitrogen and oxygen atoms in total. The smallest absolute Gasteiger partial charge is 0.205 e. The Morgan fingerprint density at radius 2 is 2.41 bits per heavy atom. The van der Waals surface area contributed by atoms with Crippen LogP contribution in [-0.4, -0.2) is 35.7 Å². The lowest BCUT2D eigenvalue weighted by Gasteiger charge is -2.32. The predicted octanol–water partition coefficient (Wildman–Crippen LogP) is 1.79. The molecule has 1 aromatic heterocycles. The maximum absolute atomic E-state index is 4.67. The second-order valence-electron chi connectivity index (χ2n) is 4.99. The average Bonchev–Trinajstić information content (AvgIpc) is 2.71. The van der Waals surface area contributed by atoms with Crippen LogP contribution in [-0.2, 0) is 6.54 Å². The van der Waals surface area contributed by atoms with Crippen molar-refractivity contribution >= 4 is 5.95 Å². The molecule has 17 heavy (non-hydrogen) atoms. The minimum absolute atomic E-state index is 0.584. The number of imidazole rings is 1. The zero-order valence-electron chi connectivity index (χ0n) is 11.2. The fourth-order valence-electron chi connectivity index (χ4n) is 2.55. The van der Waals surface area contributed by atoms with Crippen LogP contribution in [0.2, 0.25) is 0 Å². The highest BCUT2D eigenvalue weighted by Crippen LogP contribution is 2.19. The molecule has 0 spiro atoms. The number of nitrogens with zero attached hydrogens (tertiary/aromatic N) is 3. The van der Waals surface area contributed by atoms with E-state index in [-0.39, 0.29) is 0 Å². The molecule has 0 aromatic carbocycles. The van der Waals surface area contributed by atoms with Crippen LogP contribution in [0, 0.1) is 6.92 Å². The number of likely N-dealkylation sites (N-methyl/N-ethyl adjacent to an activating group) is 1. The summed E-state index contributed by atoms with van der Waals surface area (Å²) in [6, 6.07) is 0.584. The first kappa shape index (κ1) is 12.4. The Kier molecular flexibility index (Phi) is 4.05. The van der Waals surface area contributed by atoms with Crippen LogP contribution in [0.15, 0.2) is 6.20 Å². The largest absolute Gasteiger partial charge is 0.341 e. The molecule has 1 unspecified atom stereocenters. The first-order chi connectivity index (χ1) is 8.22. The minimum Gasteiger partial charge on any atom is -0.341 e. The highest BCUT2D eigenvalue weighted by molar-refractivity contribution is 5.34. The van der Waals surface area contributed by atoms with E-state index in [9.17, 15) is 0 Å². The molecule has 2 rings (SSSR count). The summed E-state index contributed by atoms with van der Waals surface area (Å²) >= 11 is 0. The van der Waals surface area contributed by atoms with Crippen molar-refractivity contribution in [1.82, 2.24) is 14.9 Å². The number of nitrogens with one attached hydrogen (secondary N) is 1. The summed E-state index contributed by atoms with van der Waals surface area (Å²) in [7, 11) is 2.17. The van der Waals surface area contributed by atoms with Gasteiger partial charge in [-0.05, 0) is 32.7 Å². The molecule has 0 aliphatic carbocycles. The van der Waals surface area contributed by atoms with Crippen molar-refractivity contribution in [1.29, 1.82) is 0 Å². The van der Waals surface area contributed by atoms with E-state index in [4.69, 9.17) is 0 Å². The van der Waals surface area contributed by atoms with Gasteiger partial charge in [0.05, 0.1) is 5.69 Å². The van der Waals surface area contributed by atoms with E-state index < -0.39 is 0 Å². The highest BCUT2D eigenvalue weighted by atomic mass is 15.3. The standard InChI is InChI=1S/C13H24N4/c1-4-8-17-10-11(2)15-13(17)16(3)12-6-5-7-14-9-12/h10,12,14H,4-9H2,1-3H3. The fraction of sp³-hybridized carbons (Fsp3) is 0.769. The lowest BCUT2D eigenvalue weighted by molar-refractivity contribution is 0.437. The van der Waals surface area contributed by atoms with Crippen molar-refractivity contribution in [2.75, 3.05) is 25.0 Å². The molecule has 0 saturated carbocycles. The van der Waals surface area contributed by atoms with Gasteiger partial charge in [-0.3, -0.25) is 0 Å². The molecule has 4 heteroatoms. The van der Waals surface area contributed by atoms with Crippen molar-refractivity contribution in [3.63, 3.8) is 0 Å². The van der Waals surface area contributed by atoms with Gasteiger partial charge in [-0.2, -0.15) is 0 Å². The molecule has 1 aliphatic heterocycles. The Hall–Kier alpha value is -1.03. The van der Waals surface area contributed by atoms with E-state index in [1.807, 2.05) is 0 Å². The van der Waals surface area contributed by atoms with E-state index in [2.05, 4.69) is 46.9 Å². The Labute approximate surface area is 104 Å². The maximum Gasteiger partial charge on any atom is 0.205 e.